The number of ether oxygens (including phenoxy) is 1. The van der Waals surface area contributed by atoms with Crippen LogP contribution >= 0.6 is 15.9 Å². The predicted molar refractivity (Wildman–Crippen MR) is 152 cm³/mol. The van der Waals surface area contributed by atoms with Crippen molar-refractivity contribution in [3.63, 3.8) is 0 Å². The average Bonchev–Trinajstić information content (AvgIpc) is 3.31. The van der Waals surface area contributed by atoms with Gasteiger partial charge in [0.25, 0.3) is 0 Å². The van der Waals surface area contributed by atoms with Crippen LogP contribution in [-0.2, 0) is 0 Å². The molecule has 0 N–H and O–H groups in total. The normalized spacial score (nSPS) is 11.2. The van der Waals surface area contributed by atoms with E-state index in [1.54, 1.807) is 7.11 Å². The summed E-state index contributed by atoms with van der Waals surface area (Å²) in [6.07, 6.45) is 2.40. The SMILES string of the molecule is COc1cc(-c2ccc(-c3ccc(Br)cc3)n2-c2ccccc2C)ccc1C(=O)CCCCN(C)C. The molecule has 0 saturated heterocycles. The molecule has 0 aliphatic heterocycles. The minimum atomic E-state index is 0.127. The van der Waals surface area contributed by atoms with Crippen molar-refractivity contribution in [2.24, 2.45) is 0 Å². The number of halogens is 1. The van der Waals surface area contributed by atoms with Crippen molar-refractivity contribution >= 4 is 21.7 Å². The third kappa shape index (κ3) is 5.80. The first kappa shape index (κ1) is 25.9. The first-order valence-corrected chi connectivity index (χ1v) is 13.1. The number of aryl methyl sites for hydroxylation is 1. The molecule has 186 valence electrons. The third-order valence-electron chi connectivity index (χ3n) is 6.43. The summed E-state index contributed by atoms with van der Waals surface area (Å²) in [5.74, 6) is 0.745. The van der Waals surface area contributed by atoms with Crippen LogP contribution < -0.4 is 4.74 Å². The smallest absolute Gasteiger partial charge is 0.166 e. The maximum Gasteiger partial charge on any atom is 0.166 e. The van der Waals surface area contributed by atoms with E-state index in [4.69, 9.17) is 4.74 Å². The van der Waals surface area contributed by atoms with Gasteiger partial charge < -0.3 is 14.2 Å². The highest BCUT2D eigenvalue weighted by Crippen LogP contribution is 2.36. The van der Waals surface area contributed by atoms with Crippen LogP contribution in [0.25, 0.3) is 28.2 Å². The van der Waals surface area contributed by atoms with Crippen molar-refractivity contribution in [1.29, 1.82) is 0 Å². The van der Waals surface area contributed by atoms with Crippen LogP contribution in [0.5, 0.6) is 5.75 Å². The molecule has 4 rings (SSSR count). The number of Topliss-reactive ketones (excluding diaryl/α,β-unsaturated/α-hetero) is 1. The summed E-state index contributed by atoms with van der Waals surface area (Å²) in [5.41, 5.74) is 7.23. The van der Waals surface area contributed by atoms with Crippen LogP contribution in [0.3, 0.4) is 0 Å². The average molecular weight is 546 g/mol. The van der Waals surface area contributed by atoms with E-state index in [-0.39, 0.29) is 5.78 Å². The maximum absolute atomic E-state index is 13.0. The van der Waals surface area contributed by atoms with E-state index in [1.807, 2.05) is 18.2 Å². The lowest BCUT2D eigenvalue weighted by atomic mass is 10.0. The number of benzene rings is 3. The Bertz CT molecular complexity index is 1340. The van der Waals surface area contributed by atoms with Crippen LogP contribution in [0.2, 0.25) is 0 Å². The third-order valence-corrected chi connectivity index (χ3v) is 6.96. The van der Waals surface area contributed by atoms with Gasteiger partial charge in [-0.2, -0.15) is 0 Å². The summed E-state index contributed by atoms with van der Waals surface area (Å²) in [6.45, 7) is 3.11. The minimum Gasteiger partial charge on any atom is -0.496 e. The number of hydrogen-bond donors (Lipinski definition) is 0. The summed E-state index contributed by atoms with van der Waals surface area (Å²) in [7, 11) is 5.74. The molecule has 0 spiro atoms. The molecule has 0 aliphatic rings. The number of nitrogens with zero attached hydrogens (tertiary/aromatic N) is 2. The van der Waals surface area contributed by atoms with Gasteiger partial charge in [-0.3, -0.25) is 4.79 Å². The number of unbranched alkanes of at least 4 members (excludes halogenated alkanes) is 1. The molecular formula is C31H33BrN2O2. The standard InChI is InChI=1S/C31H33BrN2O2/c1-22-9-5-6-10-27(22)34-28(23-12-15-25(32)16-13-23)18-19-29(34)24-14-17-26(31(21-24)36-4)30(35)11-7-8-20-33(2)3/h5-6,9-10,12-19,21H,7-8,11,20H2,1-4H3. The van der Waals surface area contributed by atoms with E-state index < -0.39 is 0 Å². The van der Waals surface area contributed by atoms with Crippen LogP contribution in [-0.4, -0.2) is 43.0 Å². The number of rotatable bonds is 10. The molecule has 36 heavy (non-hydrogen) atoms. The highest BCUT2D eigenvalue weighted by atomic mass is 79.9. The lowest BCUT2D eigenvalue weighted by Gasteiger charge is -2.17. The highest BCUT2D eigenvalue weighted by molar-refractivity contribution is 9.10. The molecule has 0 aliphatic carbocycles. The molecule has 1 aromatic heterocycles. The summed E-state index contributed by atoms with van der Waals surface area (Å²) >= 11 is 3.54. The second-order valence-corrected chi connectivity index (χ2v) is 10.2. The number of methoxy groups -OCH3 is 1. The van der Waals surface area contributed by atoms with Gasteiger partial charge in [-0.05, 0) is 94.0 Å². The van der Waals surface area contributed by atoms with Gasteiger partial charge in [0.1, 0.15) is 5.75 Å². The fourth-order valence-corrected chi connectivity index (χ4v) is 4.78. The van der Waals surface area contributed by atoms with E-state index in [0.29, 0.717) is 17.7 Å². The Hall–Kier alpha value is -3.15. The molecule has 1 heterocycles. The number of carbonyl (C=O) groups is 1. The summed E-state index contributed by atoms with van der Waals surface area (Å²) in [6, 6.07) is 27.0. The zero-order chi connectivity index (χ0) is 25.7. The Morgan fingerprint density at radius 3 is 2.22 bits per heavy atom. The zero-order valence-corrected chi connectivity index (χ0v) is 23.0. The highest BCUT2D eigenvalue weighted by Gasteiger charge is 2.18. The first-order chi connectivity index (χ1) is 17.4. The van der Waals surface area contributed by atoms with Crippen molar-refractivity contribution in [1.82, 2.24) is 9.47 Å². The molecule has 0 saturated carbocycles. The Morgan fingerprint density at radius 2 is 1.56 bits per heavy atom. The van der Waals surface area contributed by atoms with Gasteiger partial charge in [-0.1, -0.05) is 52.3 Å². The number of ketones is 1. The lowest BCUT2D eigenvalue weighted by molar-refractivity contribution is 0.0975. The molecule has 4 aromatic rings. The second kappa shape index (κ2) is 11.7. The first-order valence-electron chi connectivity index (χ1n) is 12.3. The molecule has 0 fully saturated rings. The molecule has 0 amide bonds. The van der Waals surface area contributed by atoms with Crippen LogP contribution in [0.4, 0.5) is 0 Å². The van der Waals surface area contributed by atoms with Crippen molar-refractivity contribution in [3.8, 4) is 34.0 Å². The topological polar surface area (TPSA) is 34.5 Å². The van der Waals surface area contributed by atoms with Crippen molar-refractivity contribution in [2.75, 3.05) is 27.7 Å². The molecule has 0 bridgehead atoms. The van der Waals surface area contributed by atoms with E-state index in [9.17, 15) is 4.79 Å². The number of para-hydroxylation sites is 1. The largest absolute Gasteiger partial charge is 0.496 e. The Morgan fingerprint density at radius 1 is 0.889 bits per heavy atom. The van der Waals surface area contributed by atoms with Gasteiger partial charge in [-0.25, -0.2) is 0 Å². The monoisotopic (exact) mass is 544 g/mol. The zero-order valence-electron chi connectivity index (χ0n) is 21.4. The van der Waals surface area contributed by atoms with Crippen molar-refractivity contribution in [3.05, 3.63) is 94.5 Å². The Kier molecular flexibility index (Phi) is 8.44. The van der Waals surface area contributed by atoms with Crippen molar-refractivity contribution < 1.29 is 9.53 Å². The Labute approximate surface area is 222 Å². The van der Waals surface area contributed by atoms with Gasteiger partial charge in [-0.15, -0.1) is 0 Å². The molecule has 4 nitrogen and oxygen atoms in total. The minimum absolute atomic E-state index is 0.127. The van der Waals surface area contributed by atoms with Gasteiger partial charge in [0.05, 0.1) is 24.1 Å². The number of carbonyl (C=O) groups excluding carboxylic acids is 1. The fraction of sp³-hybridized carbons (Fsp3) is 0.258. The van der Waals surface area contributed by atoms with Gasteiger partial charge >= 0.3 is 0 Å². The van der Waals surface area contributed by atoms with Crippen molar-refractivity contribution in [2.45, 2.75) is 26.2 Å². The summed E-state index contributed by atoms with van der Waals surface area (Å²) < 4.78 is 9.04. The quantitative estimate of drug-likeness (QED) is 0.151. The second-order valence-electron chi connectivity index (χ2n) is 9.33. The van der Waals surface area contributed by atoms with E-state index in [0.717, 1.165) is 52.1 Å². The molecule has 0 unspecified atom stereocenters. The molecule has 0 atom stereocenters. The van der Waals surface area contributed by atoms with Crippen LogP contribution in [0, 0.1) is 6.92 Å². The van der Waals surface area contributed by atoms with Gasteiger partial charge in [0.15, 0.2) is 5.78 Å². The van der Waals surface area contributed by atoms with E-state index in [2.05, 4.69) is 107 Å². The predicted octanol–water partition coefficient (Wildman–Crippen LogP) is 7.81. The molecule has 5 heteroatoms. The number of hydrogen-bond acceptors (Lipinski definition) is 3. The van der Waals surface area contributed by atoms with E-state index in [1.165, 1.54) is 5.56 Å². The fourth-order valence-electron chi connectivity index (χ4n) is 4.51. The summed E-state index contributed by atoms with van der Waals surface area (Å²) in [4.78, 5) is 15.1. The lowest BCUT2D eigenvalue weighted by Crippen LogP contribution is -2.13. The molecular weight excluding hydrogens is 512 g/mol. The van der Waals surface area contributed by atoms with Crippen LogP contribution in [0.1, 0.15) is 35.2 Å². The van der Waals surface area contributed by atoms with E-state index >= 15 is 0 Å². The number of aromatic nitrogens is 1. The van der Waals surface area contributed by atoms with Crippen LogP contribution in [0.15, 0.2) is 83.3 Å². The van der Waals surface area contributed by atoms with Gasteiger partial charge in [0, 0.05) is 22.1 Å². The maximum atomic E-state index is 13.0. The molecule has 0 radical (unpaired) electrons. The molecule has 3 aromatic carbocycles. The summed E-state index contributed by atoms with van der Waals surface area (Å²) in [5, 5.41) is 0. The van der Waals surface area contributed by atoms with Gasteiger partial charge in [0.2, 0.25) is 0 Å². The Balaban J connectivity index is 1.74.